The topological polar surface area (TPSA) is 98.7 Å². The lowest BCUT2D eigenvalue weighted by atomic mass is 10.0. The first-order valence-corrected chi connectivity index (χ1v) is 12.4. The molecule has 10 heteroatoms. The smallest absolute Gasteiger partial charge is 0.319 e. The van der Waals surface area contributed by atoms with Crippen molar-refractivity contribution < 1.29 is 18.3 Å². The maximum atomic E-state index is 13.4. The molecule has 2 bridgehead atoms. The van der Waals surface area contributed by atoms with Crippen LogP contribution in [0.4, 0.5) is 10.5 Å². The summed E-state index contributed by atoms with van der Waals surface area (Å²) in [5, 5.41) is 15.9. The van der Waals surface area contributed by atoms with Crippen molar-refractivity contribution in [1.82, 2.24) is 10.2 Å². The van der Waals surface area contributed by atoms with Gasteiger partial charge in [-0.05, 0) is 57.7 Å². The number of fused-ring (bicyclic) bond motifs is 2. The summed E-state index contributed by atoms with van der Waals surface area (Å²) >= 11 is 12.3. The van der Waals surface area contributed by atoms with Gasteiger partial charge in [0.25, 0.3) is 0 Å². The highest BCUT2D eigenvalue weighted by Crippen LogP contribution is 2.44. The van der Waals surface area contributed by atoms with E-state index < -0.39 is 26.9 Å². The fraction of sp³-hybridized carbons (Fsp3) is 0.550. The van der Waals surface area contributed by atoms with Gasteiger partial charge >= 0.3 is 6.03 Å². The number of urea groups is 1. The summed E-state index contributed by atoms with van der Waals surface area (Å²) in [5.74, 6) is -0.531. The number of phenolic OH excluding ortho intramolecular Hbond substituents is 1. The van der Waals surface area contributed by atoms with Crippen LogP contribution in [-0.4, -0.2) is 54.9 Å². The summed E-state index contributed by atoms with van der Waals surface area (Å²) < 4.78 is 26.8. The predicted molar refractivity (Wildman–Crippen MR) is 117 cm³/mol. The predicted octanol–water partition coefficient (Wildman–Crippen LogP) is 3.85. The summed E-state index contributed by atoms with van der Waals surface area (Å²) in [4.78, 5) is 14.3. The molecule has 4 atom stereocenters. The number of carbonyl (C=O) groups is 1. The summed E-state index contributed by atoms with van der Waals surface area (Å²) in [7, 11) is -1.84. The lowest BCUT2D eigenvalue weighted by Crippen LogP contribution is -2.44. The van der Waals surface area contributed by atoms with Crippen molar-refractivity contribution >= 4 is 44.8 Å². The Morgan fingerprint density at radius 2 is 1.83 bits per heavy atom. The number of piperidine rings is 1. The first kappa shape index (κ1) is 21.7. The van der Waals surface area contributed by atoms with Gasteiger partial charge in [-0.3, -0.25) is 0 Å². The molecule has 0 saturated carbocycles. The molecule has 0 aromatic heterocycles. The van der Waals surface area contributed by atoms with Gasteiger partial charge in [0.2, 0.25) is 0 Å². The largest absolute Gasteiger partial charge is 0.504 e. The standard InChI is InChI=1S/C20H25Cl2N3O4S/c1-25-11-5-6-12(25)10-13(9-11)30(28,29)19-15(22)7-8-17(18(19)26)24-20(27)23-16-4-2-3-14(16)21/h3,7-8,11-13,16,26H,2,4-6,9-10H2,1H3,(H2,23,24,27)/t11-,12+,13?,16?. The number of sulfone groups is 1. The first-order chi connectivity index (χ1) is 14.2. The van der Waals surface area contributed by atoms with E-state index in [4.69, 9.17) is 23.2 Å². The minimum Gasteiger partial charge on any atom is -0.504 e. The second-order valence-electron chi connectivity index (χ2n) is 8.28. The molecule has 3 aliphatic rings. The van der Waals surface area contributed by atoms with E-state index in [0.29, 0.717) is 24.3 Å². The van der Waals surface area contributed by atoms with E-state index in [9.17, 15) is 18.3 Å². The minimum absolute atomic E-state index is 0.00975. The van der Waals surface area contributed by atoms with Crippen molar-refractivity contribution in [3.8, 4) is 5.75 Å². The Labute approximate surface area is 186 Å². The molecule has 0 spiro atoms. The molecule has 1 aliphatic carbocycles. The molecule has 7 nitrogen and oxygen atoms in total. The van der Waals surface area contributed by atoms with Crippen LogP contribution in [0, 0.1) is 0 Å². The van der Waals surface area contributed by atoms with Crippen LogP contribution in [0.25, 0.3) is 0 Å². The van der Waals surface area contributed by atoms with E-state index in [2.05, 4.69) is 15.5 Å². The zero-order valence-corrected chi connectivity index (χ0v) is 18.9. The van der Waals surface area contributed by atoms with E-state index in [-0.39, 0.29) is 33.7 Å². The number of halogens is 2. The number of anilines is 1. The molecule has 2 amide bonds. The van der Waals surface area contributed by atoms with Crippen LogP contribution in [0.2, 0.25) is 5.02 Å². The normalized spacial score (nSPS) is 29.0. The van der Waals surface area contributed by atoms with Gasteiger partial charge in [0, 0.05) is 17.1 Å². The molecular weight excluding hydrogens is 449 g/mol. The summed E-state index contributed by atoms with van der Waals surface area (Å²) in [6, 6.07) is 2.35. The van der Waals surface area contributed by atoms with Gasteiger partial charge in [-0.25, -0.2) is 13.2 Å². The number of amides is 2. The monoisotopic (exact) mass is 473 g/mol. The fourth-order valence-corrected chi connectivity index (χ4v) is 7.58. The Morgan fingerprint density at radius 1 is 1.17 bits per heavy atom. The van der Waals surface area contributed by atoms with Crippen molar-refractivity contribution in [3.05, 3.63) is 28.3 Å². The summed E-state index contributed by atoms with van der Waals surface area (Å²) in [6.07, 6.45) is 6.28. The molecular formula is C20H25Cl2N3O4S. The minimum atomic E-state index is -3.87. The number of carbonyl (C=O) groups excluding carboxylic acids is 1. The van der Waals surface area contributed by atoms with Gasteiger partial charge in [-0.2, -0.15) is 0 Å². The third-order valence-electron chi connectivity index (χ3n) is 6.54. The number of phenols is 1. The van der Waals surface area contributed by atoms with Gasteiger partial charge in [-0.1, -0.05) is 29.3 Å². The van der Waals surface area contributed by atoms with Gasteiger partial charge in [0.1, 0.15) is 4.90 Å². The number of nitrogens with zero attached hydrogens (tertiary/aromatic N) is 1. The number of hydrogen-bond acceptors (Lipinski definition) is 5. The Morgan fingerprint density at radius 3 is 2.43 bits per heavy atom. The lowest BCUT2D eigenvalue weighted by molar-refractivity contribution is 0.180. The maximum absolute atomic E-state index is 13.4. The lowest BCUT2D eigenvalue weighted by Gasteiger charge is -2.36. The van der Waals surface area contributed by atoms with E-state index >= 15 is 0 Å². The molecule has 1 aromatic rings. The molecule has 0 radical (unpaired) electrons. The van der Waals surface area contributed by atoms with Crippen molar-refractivity contribution in [2.45, 2.75) is 66.8 Å². The van der Waals surface area contributed by atoms with Gasteiger partial charge in [-0.15, -0.1) is 0 Å². The van der Waals surface area contributed by atoms with Crippen LogP contribution in [0.3, 0.4) is 0 Å². The number of allylic oxidation sites excluding steroid dienone is 1. The highest BCUT2D eigenvalue weighted by molar-refractivity contribution is 7.92. The van der Waals surface area contributed by atoms with Gasteiger partial charge < -0.3 is 20.6 Å². The quantitative estimate of drug-likeness (QED) is 0.576. The van der Waals surface area contributed by atoms with Crippen LogP contribution >= 0.6 is 23.2 Å². The van der Waals surface area contributed by atoms with Crippen molar-refractivity contribution in [2.75, 3.05) is 12.4 Å². The zero-order chi connectivity index (χ0) is 21.6. The average molecular weight is 474 g/mol. The van der Waals surface area contributed by atoms with E-state index in [1.807, 2.05) is 13.1 Å². The van der Waals surface area contributed by atoms with Crippen molar-refractivity contribution in [3.63, 3.8) is 0 Å². The highest BCUT2D eigenvalue weighted by Gasteiger charge is 2.45. The summed E-state index contributed by atoms with van der Waals surface area (Å²) in [6.45, 7) is 0. The molecule has 2 saturated heterocycles. The average Bonchev–Trinajstić information content (AvgIpc) is 3.14. The van der Waals surface area contributed by atoms with Crippen LogP contribution in [0.5, 0.6) is 5.75 Å². The zero-order valence-electron chi connectivity index (χ0n) is 16.6. The maximum Gasteiger partial charge on any atom is 0.319 e. The van der Waals surface area contributed by atoms with Gasteiger partial charge in [0.05, 0.1) is 22.0 Å². The number of rotatable bonds is 4. The Kier molecular flexibility index (Phi) is 5.96. The van der Waals surface area contributed by atoms with E-state index in [0.717, 1.165) is 19.3 Å². The molecule has 1 aromatic carbocycles. The molecule has 4 rings (SSSR count). The highest BCUT2D eigenvalue weighted by atomic mass is 35.5. The van der Waals surface area contributed by atoms with Gasteiger partial charge in [0.15, 0.2) is 15.6 Å². The first-order valence-electron chi connectivity index (χ1n) is 10.1. The SMILES string of the molecule is CN1[C@@H]2CC[C@H]1CC(S(=O)(=O)c1c(Cl)ccc(NC(=O)NC3CCC=C3Cl)c1O)C2. The van der Waals surface area contributed by atoms with Crippen LogP contribution in [0.1, 0.15) is 38.5 Å². The van der Waals surface area contributed by atoms with E-state index in [1.54, 1.807) is 0 Å². The number of benzene rings is 1. The number of nitrogens with one attached hydrogen (secondary N) is 2. The molecule has 164 valence electrons. The van der Waals surface area contributed by atoms with Crippen LogP contribution < -0.4 is 10.6 Å². The second-order valence-corrected chi connectivity index (χ2v) is 11.3. The fourth-order valence-electron chi connectivity index (χ4n) is 4.83. The Hall–Kier alpha value is -1.48. The molecule has 2 heterocycles. The molecule has 30 heavy (non-hydrogen) atoms. The number of aromatic hydroxyl groups is 1. The van der Waals surface area contributed by atoms with Crippen LogP contribution in [0.15, 0.2) is 28.1 Å². The molecule has 2 aliphatic heterocycles. The van der Waals surface area contributed by atoms with Crippen molar-refractivity contribution in [1.29, 1.82) is 0 Å². The molecule has 3 N–H and O–H groups in total. The molecule has 2 fully saturated rings. The number of hydrogen-bond donors (Lipinski definition) is 3. The third kappa shape index (κ3) is 3.90. The Bertz CT molecular complexity index is 984. The third-order valence-corrected chi connectivity index (χ3v) is 9.63. The van der Waals surface area contributed by atoms with Crippen LogP contribution in [-0.2, 0) is 9.84 Å². The van der Waals surface area contributed by atoms with E-state index in [1.165, 1.54) is 12.1 Å². The van der Waals surface area contributed by atoms with Crippen molar-refractivity contribution in [2.24, 2.45) is 0 Å². The Balaban J connectivity index is 1.56. The second kappa shape index (κ2) is 8.22. The molecule has 2 unspecified atom stereocenters. The summed E-state index contributed by atoms with van der Waals surface area (Å²) in [5.41, 5.74) is -0.00975.